The molecule has 94 valence electrons. The normalized spacial score (nSPS) is 10.5. The smallest absolute Gasteiger partial charge is 0.339 e. The van der Waals surface area contributed by atoms with Crippen molar-refractivity contribution in [2.45, 2.75) is 20.0 Å². The zero-order valence-corrected chi connectivity index (χ0v) is 9.75. The first kappa shape index (κ1) is 12.2. The highest BCUT2D eigenvalue weighted by Gasteiger charge is 2.11. The van der Waals surface area contributed by atoms with Gasteiger partial charge in [-0.3, -0.25) is 0 Å². The second-order valence-electron chi connectivity index (χ2n) is 3.66. The lowest BCUT2D eigenvalue weighted by atomic mass is 10.2. The molecule has 0 aliphatic rings. The molecule has 0 amide bonds. The first-order valence-electron chi connectivity index (χ1n) is 5.31. The second-order valence-corrected chi connectivity index (χ2v) is 3.66. The van der Waals surface area contributed by atoms with Crippen molar-refractivity contribution in [3.05, 3.63) is 41.6 Å². The summed E-state index contributed by atoms with van der Waals surface area (Å²) in [6.45, 7) is 2.53. The highest BCUT2D eigenvalue weighted by molar-refractivity contribution is 5.88. The van der Waals surface area contributed by atoms with Gasteiger partial charge in [0.2, 0.25) is 5.89 Å². The van der Waals surface area contributed by atoms with Crippen LogP contribution in [0.15, 0.2) is 23.1 Å². The van der Waals surface area contributed by atoms with Gasteiger partial charge in [0.15, 0.2) is 0 Å². The summed E-state index contributed by atoms with van der Waals surface area (Å²) in [6, 6.07) is 0. The fourth-order valence-corrected chi connectivity index (χ4v) is 1.45. The van der Waals surface area contributed by atoms with Crippen molar-refractivity contribution >= 4 is 5.97 Å². The molecule has 2 rings (SSSR count). The van der Waals surface area contributed by atoms with Gasteiger partial charge in [0.05, 0.1) is 18.4 Å². The predicted octanol–water partition coefficient (Wildman–Crippen LogP) is 0.761. The molecule has 0 unspecified atom stereocenters. The van der Waals surface area contributed by atoms with Gasteiger partial charge in [-0.25, -0.2) is 19.7 Å². The highest BCUT2D eigenvalue weighted by Crippen LogP contribution is 2.05. The molecule has 7 heteroatoms. The summed E-state index contributed by atoms with van der Waals surface area (Å²) in [5, 5.41) is 12.0. The molecule has 2 aromatic rings. The summed E-state index contributed by atoms with van der Waals surface area (Å²) in [5.74, 6) is 0.248. The van der Waals surface area contributed by atoms with Gasteiger partial charge >= 0.3 is 5.97 Å². The van der Waals surface area contributed by atoms with Crippen molar-refractivity contribution in [2.24, 2.45) is 0 Å². The second kappa shape index (κ2) is 5.37. The Morgan fingerprint density at radius 3 is 2.89 bits per heavy atom. The minimum absolute atomic E-state index is 0.0913. The van der Waals surface area contributed by atoms with Gasteiger partial charge in [0.1, 0.15) is 17.7 Å². The van der Waals surface area contributed by atoms with Crippen LogP contribution in [0.1, 0.15) is 27.7 Å². The van der Waals surface area contributed by atoms with Gasteiger partial charge in [0, 0.05) is 12.7 Å². The van der Waals surface area contributed by atoms with Gasteiger partial charge in [-0.05, 0) is 6.92 Å². The predicted molar refractivity (Wildman–Crippen MR) is 60.8 cm³/mol. The van der Waals surface area contributed by atoms with Crippen LogP contribution >= 0.6 is 0 Å². The number of carboxylic acids is 1. The molecule has 0 bridgehead atoms. The van der Waals surface area contributed by atoms with Crippen molar-refractivity contribution in [3.8, 4) is 0 Å². The number of hydrogen-bond acceptors (Lipinski definition) is 6. The molecular weight excluding hydrogens is 236 g/mol. The molecule has 0 saturated carbocycles. The third-order valence-electron chi connectivity index (χ3n) is 2.26. The van der Waals surface area contributed by atoms with E-state index in [1.165, 1.54) is 12.5 Å². The standard InChI is InChI=1S/C11H12N4O3/c1-7-2-14-10(18-7)5-12-4-9-8(11(16)17)3-13-6-15-9/h2-3,6,12H,4-5H2,1H3,(H,16,17). The van der Waals surface area contributed by atoms with Crippen LogP contribution in [-0.4, -0.2) is 26.0 Å². The zero-order valence-electron chi connectivity index (χ0n) is 9.75. The molecular formula is C11H12N4O3. The minimum Gasteiger partial charge on any atom is -0.478 e. The topological polar surface area (TPSA) is 101 Å². The van der Waals surface area contributed by atoms with Crippen molar-refractivity contribution in [1.82, 2.24) is 20.3 Å². The van der Waals surface area contributed by atoms with Crippen LogP contribution in [-0.2, 0) is 13.1 Å². The summed E-state index contributed by atoms with van der Waals surface area (Å²) in [4.78, 5) is 22.6. The molecule has 7 nitrogen and oxygen atoms in total. The van der Waals surface area contributed by atoms with E-state index in [1.54, 1.807) is 6.20 Å². The fourth-order valence-electron chi connectivity index (χ4n) is 1.45. The third-order valence-corrected chi connectivity index (χ3v) is 2.26. The molecule has 0 aliphatic heterocycles. The molecule has 2 aromatic heterocycles. The quantitative estimate of drug-likeness (QED) is 0.805. The van der Waals surface area contributed by atoms with Crippen LogP contribution in [0, 0.1) is 6.92 Å². The number of oxazole rings is 1. The summed E-state index contributed by atoms with van der Waals surface area (Å²) >= 11 is 0. The van der Waals surface area contributed by atoms with E-state index in [0.29, 0.717) is 24.7 Å². The maximum Gasteiger partial charge on any atom is 0.339 e. The maximum atomic E-state index is 10.9. The van der Waals surface area contributed by atoms with E-state index in [9.17, 15) is 4.79 Å². The van der Waals surface area contributed by atoms with Crippen LogP contribution < -0.4 is 5.32 Å². The van der Waals surface area contributed by atoms with Gasteiger partial charge in [-0.2, -0.15) is 0 Å². The molecule has 0 spiro atoms. The lowest BCUT2D eigenvalue weighted by Gasteiger charge is -2.04. The summed E-state index contributed by atoms with van der Waals surface area (Å²) in [5.41, 5.74) is 0.523. The molecule has 0 fully saturated rings. The summed E-state index contributed by atoms with van der Waals surface area (Å²) in [6.07, 6.45) is 4.23. The molecule has 2 heterocycles. The van der Waals surface area contributed by atoms with Gasteiger partial charge < -0.3 is 14.8 Å². The average Bonchev–Trinajstić information content (AvgIpc) is 2.75. The fraction of sp³-hybridized carbons (Fsp3) is 0.273. The summed E-state index contributed by atoms with van der Waals surface area (Å²) < 4.78 is 5.28. The first-order valence-corrected chi connectivity index (χ1v) is 5.31. The number of carbonyl (C=O) groups is 1. The lowest BCUT2D eigenvalue weighted by Crippen LogP contribution is -2.17. The molecule has 0 radical (unpaired) electrons. The Morgan fingerprint density at radius 1 is 1.39 bits per heavy atom. The number of aromatic nitrogens is 3. The van der Waals surface area contributed by atoms with Crippen molar-refractivity contribution in [3.63, 3.8) is 0 Å². The first-order chi connectivity index (χ1) is 8.66. The number of aryl methyl sites for hydroxylation is 1. The number of hydrogen-bond donors (Lipinski definition) is 2. The monoisotopic (exact) mass is 248 g/mol. The summed E-state index contributed by atoms with van der Waals surface area (Å²) in [7, 11) is 0. The highest BCUT2D eigenvalue weighted by atomic mass is 16.4. The van der Waals surface area contributed by atoms with Crippen LogP contribution in [0.25, 0.3) is 0 Å². The van der Waals surface area contributed by atoms with Crippen LogP contribution in [0.5, 0.6) is 0 Å². The average molecular weight is 248 g/mol. The van der Waals surface area contributed by atoms with E-state index >= 15 is 0 Å². The zero-order chi connectivity index (χ0) is 13.0. The number of aromatic carboxylic acids is 1. The molecule has 0 saturated heterocycles. The molecule has 0 atom stereocenters. The Balaban J connectivity index is 1.96. The molecule has 18 heavy (non-hydrogen) atoms. The third kappa shape index (κ3) is 2.89. The van der Waals surface area contributed by atoms with E-state index in [2.05, 4.69) is 20.3 Å². The van der Waals surface area contributed by atoms with Crippen LogP contribution in [0.4, 0.5) is 0 Å². The molecule has 0 aromatic carbocycles. The van der Waals surface area contributed by atoms with Gasteiger partial charge in [-0.15, -0.1) is 0 Å². The number of nitrogens with one attached hydrogen (secondary N) is 1. The Bertz CT molecular complexity index is 553. The van der Waals surface area contributed by atoms with Gasteiger partial charge in [0.25, 0.3) is 0 Å². The van der Waals surface area contributed by atoms with Crippen LogP contribution in [0.3, 0.4) is 0 Å². The van der Waals surface area contributed by atoms with Gasteiger partial charge in [-0.1, -0.05) is 0 Å². The van der Waals surface area contributed by atoms with E-state index in [4.69, 9.17) is 9.52 Å². The molecule has 0 aliphatic carbocycles. The number of nitrogens with zero attached hydrogens (tertiary/aromatic N) is 3. The van der Waals surface area contributed by atoms with E-state index in [0.717, 1.165) is 5.76 Å². The van der Waals surface area contributed by atoms with Crippen molar-refractivity contribution in [2.75, 3.05) is 0 Å². The Labute approximate surface area is 103 Å². The Hall–Kier alpha value is -2.28. The van der Waals surface area contributed by atoms with Crippen molar-refractivity contribution < 1.29 is 14.3 Å². The SMILES string of the molecule is Cc1cnc(CNCc2ncncc2C(=O)O)o1. The van der Waals surface area contributed by atoms with E-state index in [1.807, 2.05) is 6.92 Å². The van der Waals surface area contributed by atoms with E-state index in [-0.39, 0.29) is 5.56 Å². The van der Waals surface area contributed by atoms with E-state index < -0.39 is 5.97 Å². The lowest BCUT2D eigenvalue weighted by molar-refractivity contribution is 0.0694. The maximum absolute atomic E-state index is 10.9. The number of carboxylic acid groups (broad SMARTS) is 1. The minimum atomic E-state index is -1.04. The van der Waals surface area contributed by atoms with Crippen molar-refractivity contribution in [1.29, 1.82) is 0 Å². The van der Waals surface area contributed by atoms with Crippen LogP contribution in [0.2, 0.25) is 0 Å². The Morgan fingerprint density at radius 2 is 2.22 bits per heavy atom. The number of rotatable bonds is 5. The Kier molecular flexibility index (Phi) is 3.63. The largest absolute Gasteiger partial charge is 0.478 e. The molecule has 2 N–H and O–H groups in total.